The Kier molecular flexibility index (Phi) is 5.27. The predicted molar refractivity (Wildman–Crippen MR) is 92.7 cm³/mol. The summed E-state index contributed by atoms with van der Waals surface area (Å²) in [6, 6.07) is 3.91. The third-order valence-corrected chi connectivity index (χ3v) is 5.71. The Morgan fingerprint density at radius 1 is 1.40 bits per heavy atom. The molecule has 2 rings (SSSR count). The number of nitrogens with two attached hydrogens (primary N) is 1. The molecule has 0 atom stereocenters. The van der Waals surface area contributed by atoms with Crippen LogP contribution < -0.4 is 11.1 Å². The second-order valence-electron chi connectivity index (χ2n) is 5.51. The Labute approximate surface area is 131 Å². The summed E-state index contributed by atoms with van der Waals surface area (Å²) in [5.41, 5.74) is 7.61. The number of aryl methyl sites for hydroxylation is 1. The van der Waals surface area contributed by atoms with Gasteiger partial charge in [0.05, 0.1) is 5.56 Å². The monoisotopic (exact) mass is 309 g/mol. The summed E-state index contributed by atoms with van der Waals surface area (Å²) in [6.45, 7) is 2.92. The highest BCUT2D eigenvalue weighted by Gasteiger charge is 2.31. The highest BCUT2D eigenvalue weighted by molar-refractivity contribution is 8.00. The third kappa shape index (κ3) is 3.64. The van der Waals surface area contributed by atoms with Gasteiger partial charge in [-0.2, -0.15) is 11.8 Å². The molecule has 0 amide bonds. The molecule has 0 unspecified atom stereocenters. The van der Waals surface area contributed by atoms with Crippen LogP contribution in [0, 0.1) is 6.92 Å². The van der Waals surface area contributed by atoms with Crippen LogP contribution in [0.4, 0.5) is 5.82 Å². The van der Waals surface area contributed by atoms with E-state index in [0.717, 1.165) is 23.6 Å². The lowest BCUT2D eigenvalue weighted by Gasteiger charge is -2.36. The number of thioether (sulfide) groups is 1. The van der Waals surface area contributed by atoms with Crippen molar-refractivity contribution in [2.75, 3.05) is 18.1 Å². The summed E-state index contributed by atoms with van der Waals surface area (Å²) in [5, 5.41) is 3.50. The lowest BCUT2D eigenvalue weighted by molar-refractivity contribution is 0.411. The van der Waals surface area contributed by atoms with E-state index in [1.54, 1.807) is 0 Å². The number of anilines is 1. The zero-order valence-corrected chi connectivity index (χ0v) is 13.9. The van der Waals surface area contributed by atoms with Crippen molar-refractivity contribution in [2.24, 2.45) is 5.73 Å². The van der Waals surface area contributed by atoms with Crippen LogP contribution in [0.2, 0.25) is 0 Å². The summed E-state index contributed by atoms with van der Waals surface area (Å²) in [4.78, 5) is 4.96. The molecule has 1 fully saturated rings. The molecule has 1 aromatic heterocycles. The van der Waals surface area contributed by atoms with Gasteiger partial charge in [0.1, 0.15) is 10.8 Å². The number of rotatable bonds is 5. The summed E-state index contributed by atoms with van der Waals surface area (Å²) in [7, 11) is 0. The van der Waals surface area contributed by atoms with E-state index in [2.05, 4.69) is 16.6 Å². The van der Waals surface area contributed by atoms with Crippen molar-refractivity contribution in [1.29, 1.82) is 0 Å². The molecule has 1 aliphatic rings. The second-order valence-corrected chi connectivity index (χ2v) is 7.23. The van der Waals surface area contributed by atoms with Crippen LogP contribution in [0.25, 0.3) is 0 Å². The molecule has 0 spiro atoms. The van der Waals surface area contributed by atoms with Crippen molar-refractivity contribution in [2.45, 2.75) is 43.8 Å². The van der Waals surface area contributed by atoms with Gasteiger partial charge in [0.25, 0.3) is 0 Å². The van der Waals surface area contributed by atoms with E-state index in [9.17, 15) is 0 Å². The van der Waals surface area contributed by atoms with Gasteiger partial charge in [-0.1, -0.05) is 31.5 Å². The highest BCUT2D eigenvalue weighted by atomic mass is 32.2. The second kappa shape index (κ2) is 6.76. The van der Waals surface area contributed by atoms with Crippen LogP contribution in [-0.4, -0.2) is 27.5 Å². The summed E-state index contributed by atoms with van der Waals surface area (Å²) < 4.78 is 0.331. The molecule has 1 aromatic rings. The van der Waals surface area contributed by atoms with Gasteiger partial charge in [0.15, 0.2) is 0 Å². The quantitative estimate of drug-likeness (QED) is 0.815. The average Bonchev–Trinajstić information content (AvgIpc) is 2.46. The molecule has 20 heavy (non-hydrogen) atoms. The maximum atomic E-state index is 5.79. The zero-order valence-electron chi connectivity index (χ0n) is 12.2. The van der Waals surface area contributed by atoms with Gasteiger partial charge in [0, 0.05) is 17.0 Å². The van der Waals surface area contributed by atoms with E-state index < -0.39 is 0 Å². The van der Waals surface area contributed by atoms with Gasteiger partial charge in [0.2, 0.25) is 0 Å². The van der Waals surface area contributed by atoms with E-state index in [-0.39, 0.29) is 0 Å². The Bertz CT molecular complexity index is 482. The fourth-order valence-corrected chi connectivity index (χ4v) is 3.86. The number of hydrogen-bond acceptors (Lipinski definition) is 4. The maximum absolute atomic E-state index is 5.79. The largest absolute Gasteiger partial charge is 0.389 e. The van der Waals surface area contributed by atoms with Gasteiger partial charge in [-0.3, -0.25) is 0 Å². The Balaban J connectivity index is 2.13. The van der Waals surface area contributed by atoms with Gasteiger partial charge in [-0.25, -0.2) is 4.98 Å². The van der Waals surface area contributed by atoms with Crippen molar-refractivity contribution < 1.29 is 0 Å². The summed E-state index contributed by atoms with van der Waals surface area (Å²) >= 11 is 7.09. The van der Waals surface area contributed by atoms with Crippen LogP contribution in [-0.2, 0) is 0 Å². The van der Waals surface area contributed by atoms with E-state index >= 15 is 0 Å². The molecule has 0 saturated heterocycles. The molecule has 0 aromatic carbocycles. The highest BCUT2D eigenvalue weighted by Crippen LogP contribution is 2.38. The summed E-state index contributed by atoms with van der Waals surface area (Å²) in [6.07, 6.45) is 8.77. The molecule has 0 radical (unpaired) electrons. The molecule has 110 valence electrons. The minimum Gasteiger partial charge on any atom is -0.389 e. The Morgan fingerprint density at radius 2 is 2.10 bits per heavy atom. The van der Waals surface area contributed by atoms with Crippen molar-refractivity contribution in [1.82, 2.24) is 4.98 Å². The molecule has 5 heteroatoms. The zero-order chi connectivity index (χ0) is 14.6. The van der Waals surface area contributed by atoms with E-state index in [0.29, 0.717) is 9.74 Å². The molecule has 3 N–H and O–H groups in total. The van der Waals surface area contributed by atoms with Crippen LogP contribution >= 0.6 is 24.0 Å². The predicted octanol–water partition coefficient (Wildman–Crippen LogP) is 3.50. The van der Waals surface area contributed by atoms with Gasteiger partial charge < -0.3 is 11.1 Å². The standard InChI is InChI=1S/C15H23N3S2/c1-11-6-7-12(13(16)19)14(18-11)17-10-15(20-2)8-4-3-5-9-15/h6-7H,3-5,8-10H2,1-2H3,(H2,16,19)(H,17,18). The molecule has 0 aliphatic heterocycles. The number of hydrogen-bond donors (Lipinski definition) is 2. The first-order valence-electron chi connectivity index (χ1n) is 7.13. The van der Waals surface area contributed by atoms with Gasteiger partial charge >= 0.3 is 0 Å². The molecular weight excluding hydrogens is 286 g/mol. The number of thiocarbonyl (C=S) groups is 1. The minimum atomic E-state index is 0.331. The smallest absolute Gasteiger partial charge is 0.136 e. The molecule has 1 aliphatic carbocycles. The Morgan fingerprint density at radius 3 is 2.70 bits per heavy atom. The molecule has 3 nitrogen and oxygen atoms in total. The van der Waals surface area contributed by atoms with E-state index in [1.807, 2.05) is 30.8 Å². The van der Waals surface area contributed by atoms with Crippen LogP contribution in [0.15, 0.2) is 12.1 Å². The molecule has 1 heterocycles. The lowest BCUT2D eigenvalue weighted by atomic mass is 9.88. The minimum absolute atomic E-state index is 0.331. The van der Waals surface area contributed by atoms with E-state index in [1.165, 1.54) is 32.1 Å². The van der Waals surface area contributed by atoms with Crippen LogP contribution in [0.3, 0.4) is 0 Å². The first-order chi connectivity index (χ1) is 9.56. The molecule has 1 saturated carbocycles. The number of pyridine rings is 1. The fraction of sp³-hybridized carbons (Fsp3) is 0.600. The number of aromatic nitrogens is 1. The first kappa shape index (κ1) is 15.6. The first-order valence-corrected chi connectivity index (χ1v) is 8.76. The number of nitrogens with zero attached hydrogens (tertiary/aromatic N) is 1. The van der Waals surface area contributed by atoms with E-state index in [4.69, 9.17) is 18.0 Å². The topological polar surface area (TPSA) is 50.9 Å². The van der Waals surface area contributed by atoms with Crippen molar-refractivity contribution in [3.63, 3.8) is 0 Å². The van der Waals surface area contributed by atoms with Gasteiger partial charge in [-0.05, 0) is 38.2 Å². The third-order valence-electron chi connectivity index (χ3n) is 4.08. The average molecular weight is 310 g/mol. The van der Waals surface area contributed by atoms with Crippen LogP contribution in [0.1, 0.15) is 43.4 Å². The van der Waals surface area contributed by atoms with Crippen molar-refractivity contribution >= 4 is 34.8 Å². The molecular formula is C15H23N3S2. The fourth-order valence-electron chi connectivity index (χ4n) is 2.78. The van der Waals surface area contributed by atoms with Crippen molar-refractivity contribution in [3.05, 3.63) is 23.4 Å². The number of nitrogens with one attached hydrogen (secondary N) is 1. The Hall–Kier alpha value is -0.810. The normalized spacial score (nSPS) is 17.7. The summed E-state index contributed by atoms with van der Waals surface area (Å²) in [5.74, 6) is 0.830. The van der Waals surface area contributed by atoms with Crippen molar-refractivity contribution in [3.8, 4) is 0 Å². The van der Waals surface area contributed by atoms with Crippen LogP contribution in [0.5, 0.6) is 0 Å². The van der Waals surface area contributed by atoms with Gasteiger partial charge in [-0.15, -0.1) is 0 Å². The lowest BCUT2D eigenvalue weighted by Crippen LogP contribution is -2.36. The maximum Gasteiger partial charge on any atom is 0.136 e. The SMILES string of the molecule is CSC1(CNc2nc(C)ccc2C(N)=S)CCCCC1. The molecule has 0 bridgehead atoms.